The maximum absolute atomic E-state index is 13.9. The summed E-state index contributed by atoms with van der Waals surface area (Å²) in [5.74, 6) is 0.598. The summed E-state index contributed by atoms with van der Waals surface area (Å²) in [7, 11) is 1.64. The van der Waals surface area contributed by atoms with Gasteiger partial charge in [-0.15, -0.1) is 0 Å². The molecule has 0 radical (unpaired) electrons. The minimum atomic E-state index is -0.417. The van der Waals surface area contributed by atoms with Crippen LogP contribution in [0.15, 0.2) is 48.5 Å². The molecule has 0 spiro atoms. The molecule has 0 unspecified atom stereocenters. The van der Waals surface area contributed by atoms with Crippen LogP contribution in [0.3, 0.4) is 0 Å². The summed E-state index contributed by atoms with van der Waals surface area (Å²) in [6, 6.07) is 14.6. The second-order valence-electron chi connectivity index (χ2n) is 5.67. The summed E-state index contributed by atoms with van der Waals surface area (Å²) in [4.78, 5) is 2.06. The molecule has 1 N–H and O–H groups in total. The Morgan fingerprint density at radius 1 is 1.09 bits per heavy atom. The van der Waals surface area contributed by atoms with Gasteiger partial charge in [-0.25, -0.2) is 4.39 Å². The minimum absolute atomic E-state index is 0.210. The van der Waals surface area contributed by atoms with Crippen LogP contribution in [0, 0.1) is 5.82 Å². The number of ether oxygens (including phenoxy) is 1. The number of hydrogen-bond acceptors (Lipinski definition) is 3. The van der Waals surface area contributed by atoms with E-state index in [4.69, 9.17) is 4.74 Å². The predicted molar refractivity (Wildman–Crippen MR) is 89.8 cm³/mol. The SMILES string of the molecule is CC[C@H](O)CN(Cc1ccc(OC)cc1)Cc1ccccc1F. The molecule has 2 aromatic carbocycles. The average molecular weight is 317 g/mol. The van der Waals surface area contributed by atoms with Gasteiger partial charge in [0.1, 0.15) is 11.6 Å². The topological polar surface area (TPSA) is 32.7 Å². The molecule has 0 saturated heterocycles. The van der Waals surface area contributed by atoms with E-state index >= 15 is 0 Å². The monoisotopic (exact) mass is 317 g/mol. The third kappa shape index (κ3) is 5.34. The highest BCUT2D eigenvalue weighted by atomic mass is 19.1. The van der Waals surface area contributed by atoms with Crippen LogP contribution in [0.4, 0.5) is 4.39 Å². The molecule has 0 aromatic heterocycles. The molecule has 0 aliphatic rings. The maximum Gasteiger partial charge on any atom is 0.127 e. The molecule has 0 amide bonds. The molecule has 0 fully saturated rings. The Balaban J connectivity index is 2.11. The first kappa shape index (κ1) is 17.4. The van der Waals surface area contributed by atoms with Gasteiger partial charge in [0.05, 0.1) is 13.2 Å². The van der Waals surface area contributed by atoms with E-state index in [0.29, 0.717) is 31.6 Å². The minimum Gasteiger partial charge on any atom is -0.497 e. The highest BCUT2D eigenvalue weighted by molar-refractivity contribution is 5.27. The first-order chi connectivity index (χ1) is 11.1. The van der Waals surface area contributed by atoms with Gasteiger partial charge >= 0.3 is 0 Å². The fourth-order valence-electron chi connectivity index (χ4n) is 2.47. The quantitative estimate of drug-likeness (QED) is 0.807. The van der Waals surface area contributed by atoms with Crippen LogP contribution in [0.25, 0.3) is 0 Å². The zero-order valence-corrected chi connectivity index (χ0v) is 13.7. The van der Waals surface area contributed by atoms with Crippen molar-refractivity contribution < 1.29 is 14.2 Å². The Hall–Kier alpha value is -1.91. The molecule has 0 bridgehead atoms. The number of benzene rings is 2. The van der Waals surface area contributed by atoms with Crippen molar-refractivity contribution in [3.05, 3.63) is 65.5 Å². The van der Waals surface area contributed by atoms with E-state index in [1.807, 2.05) is 37.3 Å². The standard InChI is InChI=1S/C19H24FNO2/c1-3-17(22)14-21(13-16-6-4-5-7-19(16)20)12-15-8-10-18(23-2)11-9-15/h4-11,17,22H,3,12-14H2,1-2H3/t17-/m0/s1. The van der Waals surface area contributed by atoms with E-state index in [9.17, 15) is 9.50 Å². The molecular formula is C19H24FNO2. The normalized spacial score (nSPS) is 12.4. The molecule has 4 heteroatoms. The largest absolute Gasteiger partial charge is 0.497 e. The van der Waals surface area contributed by atoms with Crippen molar-refractivity contribution in [1.29, 1.82) is 0 Å². The van der Waals surface area contributed by atoms with Gasteiger partial charge in [0.2, 0.25) is 0 Å². The number of nitrogens with zero attached hydrogens (tertiary/aromatic N) is 1. The average Bonchev–Trinajstić information content (AvgIpc) is 2.57. The maximum atomic E-state index is 13.9. The van der Waals surface area contributed by atoms with Crippen LogP contribution >= 0.6 is 0 Å². The molecule has 2 aromatic rings. The number of halogens is 1. The Labute approximate surface area is 137 Å². The van der Waals surface area contributed by atoms with E-state index in [2.05, 4.69) is 4.90 Å². The van der Waals surface area contributed by atoms with E-state index < -0.39 is 6.10 Å². The molecule has 0 aliphatic heterocycles. The number of aliphatic hydroxyl groups is 1. The van der Waals surface area contributed by atoms with Gasteiger partial charge in [-0.1, -0.05) is 37.3 Å². The van der Waals surface area contributed by atoms with Crippen molar-refractivity contribution in [3.63, 3.8) is 0 Å². The molecule has 0 heterocycles. The highest BCUT2D eigenvalue weighted by Gasteiger charge is 2.13. The fourth-order valence-corrected chi connectivity index (χ4v) is 2.47. The van der Waals surface area contributed by atoms with Crippen molar-refractivity contribution in [2.45, 2.75) is 32.5 Å². The van der Waals surface area contributed by atoms with Crippen LogP contribution in [-0.4, -0.2) is 29.8 Å². The zero-order valence-electron chi connectivity index (χ0n) is 13.7. The number of hydrogen-bond donors (Lipinski definition) is 1. The van der Waals surface area contributed by atoms with Crippen LogP contribution in [0.1, 0.15) is 24.5 Å². The van der Waals surface area contributed by atoms with Crippen molar-refractivity contribution in [1.82, 2.24) is 4.90 Å². The summed E-state index contributed by atoms with van der Waals surface area (Å²) in [5.41, 5.74) is 1.75. The second-order valence-corrected chi connectivity index (χ2v) is 5.67. The number of rotatable bonds is 8. The van der Waals surface area contributed by atoms with E-state index in [0.717, 1.165) is 11.3 Å². The third-order valence-electron chi connectivity index (χ3n) is 3.86. The van der Waals surface area contributed by atoms with Gasteiger partial charge < -0.3 is 9.84 Å². The molecule has 1 atom stereocenters. The van der Waals surface area contributed by atoms with Crippen molar-refractivity contribution in [2.24, 2.45) is 0 Å². The lowest BCUT2D eigenvalue weighted by molar-refractivity contribution is 0.101. The smallest absolute Gasteiger partial charge is 0.127 e. The van der Waals surface area contributed by atoms with Crippen LogP contribution < -0.4 is 4.74 Å². The Morgan fingerprint density at radius 2 is 1.78 bits per heavy atom. The van der Waals surface area contributed by atoms with Gasteiger partial charge in [-0.3, -0.25) is 4.90 Å². The van der Waals surface area contributed by atoms with Gasteiger partial charge in [-0.2, -0.15) is 0 Å². The van der Waals surface area contributed by atoms with Gasteiger partial charge in [0, 0.05) is 25.2 Å². The molecule has 23 heavy (non-hydrogen) atoms. The molecule has 124 valence electrons. The summed E-state index contributed by atoms with van der Waals surface area (Å²) in [6.07, 6.45) is 0.260. The highest BCUT2D eigenvalue weighted by Crippen LogP contribution is 2.16. The number of aliphatic hydroxyl groups excluding tert-OH is 1. The Bertz CT molecular complexity index is 601. The van der Waals surface area contributed by atoms with Crippen molar-refractivity contribution in [3.8, 4) is 5.75 Å². The lowest BCUT2D eigenvalue weighted by Gasteiger charge is -2.25. The lowest BCUT2D eigenvalue weighted by atomic mass is 10.1. The summed E-state index contributed by atoms with van der Waals surface area (Å²) in [6.45, 7) is 3.57. The third-order valence-corrected chi connectivity index (χ3v) is 3.86. The van der Waals surface area contributed by atoms with E-state index in [1.54, 1.807) is 19.2 Å². The zero-order chi connectivity index (χ0) is 16.7. The van der Waals surface area contributed by atoms with Crippen LogP contribution in [0.2, 0.25) is 0 Å². The fraction of sp³-hybridized carbons (Fsp3) is 0.368. The Kier molecular flexibility index (Phi) is 6.56. The predicted octanol–water partition coefficient (Wildman–Crippen LogP) is 3.61. The Morgan fingerprint density at radius 3 is 2.39 bits per heavy atom. The van der Waals surface area contributed by atoms with Gasteiger partial charge in [0.25, 0.3) is 0 Å². The van der Waals surface area contributed by atoms with E-state index in [1.165, 1.54) is 6.07 Å². The number of methoxy groups -OCH3 is 1. The second kappa shape index (κ2) is 8.65. The first-order valence-electron chi connectivity index (χ1n) is 7.89. The summed E-state index contributed by atoms with van der Waals surface area (Å²) >= 11 is 0. The lowest BCUT2D eigenvalue weighted by Crippen LogP contribution is -2.31. The first-order valence-corrected chi connectivity index (χ1v) is 7.89. The molecule has 0 aliphatic carbocycles. The van der Waals surface area contributed by atoms with Crippen molar-refractivity contribution >= 4 is 0 Å². The van der Waals surface area contributed by atoms with Crippen molar-refractivity contribution in [2.75, 3.05) is 13.7 Å². The van der Waals surface area contributed by atoms with Gasteiger partial charge in [0.15, 0.2) is 0 Å². The van der Waals surface area contributed by atoms with Crippen LogP contribution in [-0.2, 0) is 13.1 Å². The molecule has 2 rings (SSSR count). The molecular weight excluding hydrogens is 293 g/mol. The molecule has 0 saturated carbocycles. The van der Waals surface area contributed by atoms with Gasteiger partial charge in [-0.05, 0) is 30.2 Å². The molecule has 3 nitrogen and oxygen atoms in total. The summed E-state index contributed by atoms with van der Waals surface area (Å²) in [5, 5.41) is 9.98. The summed E-state index contributed by atoms with van der Waals surface area (Å²) < 4.78 is 19.1. The van der Waals surface area contributed by atoms with E-state index in [-0.39, 0.29) is 5.82 Å². The van der Waals surface area contributed by atoms with Crippen LogP contribution in [0.5, 0.6) is 5.75 Å².